The van der Waals surface area contributed by atoms with Crippen molar-refractivity contribution in [3.63, 3.8) is 0 Å². The van der Waals surface area contributed by atoms with Crippen LogP contribution in [0.1, 0.15) is 77.1 Å². The third-order valence-corrected chi connectivity index (χ3v) is 22.8. The van der Waals surface area contributed by atoms with E-state index in [9.17, 15) is 9.59 Å². The van der Waals surface area contributed by atoms with E-state index in [1.807, 2.05) is 149 Å². The zero-order chi connectivity index (χ0) is 77.0. The highest BCUT2D eigenvalue weighted by Crippen LogP contribution is 2.70. The Hall–Kier alpha value is -14.8. The van der Waals surface area contributed by atoms with Gasteiger partial charge in [0.2, 0.25) is 35.1 Å². The highest BCUT2D eigenvalue weighted by Gasteiger charge is 2.64. The Balaban J connectivity index is 0.000000137. The molecule has 4 heterocycles. The van der Waals surface area contributed by atoms with Gasteiger partial charge in [-0.3, -0.25) is 29.2 Å². The molecule has 22 rings (SSSR count). The number of carbonyl (C=O) groups excluding carboxylic acids is 2. The highest BCUT2D eigenvalue weighted by molar-refractivity contribution is 9.10. The number of halogens is 1. The van der Waals surface area contributed by atoms with Crippen molar-refractivity contribution in [3.8, 4) is 33.4 Å². The fourth-order valence-electron chi connectivity index (χ4n) is 17.3. The summed E-state index contributed by atoms with van der Waals surface area (Å²) in [5.74, 6) is 3.18. The molecule has 0 saturated heterocycles. The van der Waals surface area contributed by atoms with Crippen LogP contribution in [0.5, 0.6) is 0 Å². The van der Waals surface area contributed by atoms with Gasteiger partial charge in [-0.2, -0.15) is 0 Å². The maximum Gasteiger partial charge on any atom is 0.233 e. The Kier molecular flexibility index (Phi) is 17.6. The van der Waals surface area contributed by atoms with Gasteiger partial charge in [0.25, 0.3) is 0 Å². The SMILES string of the molecule is Brc1ccccc1-c1ccccc1.O=C1c2cc(N(c3ccccc3)c3ccccc3)oc2C(=O)c2cc(N(c3ccccc3)c3ccccc3)oc21.c1ccc(N(c2ccccc2)c2cc3c(o2)C2(c4ccccc4-c4ccccc42)c2cc(N(c4ccccc4)c4ccccc4)oc2C32c3ccccc3-c3ccccc32)cc1. The topological polar surface area (TPSA) is 99.7 Å². The van der Waals surface area contributed by atoms with Crippen LogP contribution in [0.15, 0.2) is 441 Å². The van der Waals surface area contributed by atoms with Crippen LogP contribution in [-0.2, 0) is 10.8 Å². The molecule has 18 aromatic rings. The van der Waals surface area contributed by atoms with Crippen molar-refractivity contribution >= 4 is 96.5 Å². The number of para-hydroxylation sites is 8. The first-order chi connectivity index (χ1) is 56.8. The zero-order valence-corrected chi connectivity index (χ0v) is 63.5. The lowest BCUT2D eigenvalue weighted by molar-refractivity contribution is 0.0945. The Morgan fingerprint density at radius 3 is 0.687 bits per heavy atom. The molecular weight excluding hydrogens is 1480 g/mol. The molecule has 0 bridgehead atoms. The molecule has 4 aromatic heterocycles. The molecule has 4 aliphatic rings. The molecule has 11 heteroatoms. The molecule has 14 aromatic carbocycles. The minimum atomic E-state index is -0.881. The second-order valence-corrected chi connectivity index (χ2v) is 29.4. The number of rotatable bonds is 13. The van der Waals surface area contributed by atoms with Gasteiger partial charge in [-0.05, 0) is 159 Å². The first-order valence-corrected chi connectivity index (χ1v) is 39.1. The normalized spacial score (nSPS) is 12.9. The summed E-state index contributed by atoms with van der Waals surface area (Å²) in [6.45, 7) is 0. The predicted molar refractivity (Wildman–Crippen MR) is 462 cm³/mol. The molecule has 0 saturated carbocycles. The quantitative estimate of drug-likeness (QED) is 0.111. The van der Waals surface area contributed by atoms with Gasteiger partial charge >= 0.3 is 0 Å². The molecule has 0 radical (unpaired) electrons. The summed E-state index contributed by atoms with van der Waals surface area (Å²) in [7, 11) is 0. The average Bonchev–Trinajstić information content (AvgIpc) is 1.48. The van der Waals surface area contributed by atoms with Crippen molar-refractivity contribution in [2.45, 2.75) is 10.8 Å². The highest BCUT2D eigenvalue weighted by atomic mass is 79.9. The van der Waals surface area contributed by atoms with E-state index in [0.29, 0.717) is 11.8 Å². The second-order valence-electron chi connectivity index (χ2n) is 28.5. The minimum Gasteiger partial charge on any atom is -0.443 e. The molecule has 548 valence electrons. The largest absolute Gasteiger partial charge is 0.443 e. The van der Waals surface area contributed by atoms with Crippen molar-refractivity contribution < 1.29 is 27.3 Å². The number of carbonyl (C=O) groups is 2. The summed E-state index contributed by atoms with van der Waals surface area (Å²) in [6, 6.07) is 143. The number of ketones is 2. The molecule has 0 fully saturated rings. The lowest BCUT2D eigenvalue weighted by Gasteiger charge is -2.42. The van der Waals surface area contributed by atoms with Gasteiger partial charge < -0.3 is 17.7 Å². The smallest absolute Gasteiger partial charge is 0.233 e. The summed E-state index contributed by atoms with van der Waals surface area (Å²) in [4.78, 5) is 35.7. The molecule has 115 heavy (non-hydrogen) atoms. The standard InChI is InChI=1S/C58H38N2O2.C34H22N2O4.C12H9Br/c1-5-21-39(22-6-1)59(40-23-7-2-8-24-40)53-37-51-55(61-53)58(49-35-19-15-31-45(49)46-32-16-20-36-50(46)58)52-38-54(60(41-25-9-3-10-26-41)42-27-11-4-12-28-42)62-56(52)57(51)47-33-17-13-29-43(47)44-30-14-18-34-48(44)57;37-31-27-21-29(35(23-13-5-1-6-14-23)24-15-7-2-8-16-24)39-33(27)32(38)28-22-30(40-34(28)31)36(25-17-9-3-10-18-25)26-19-11-4-12-20-26;13-12-9-5-4-8-11(12)10-6-2-1-3-7-10/h1-38H;1-22H;1-9H. The van der Waals surface area contributed by atoms with E-state index in [4.69, 9.17) is 17.7 Å². The predicted octanol–water partition coefficient (Wildman–Crippen LogP) is 27.6. The number of nitrogens with zero attached hydrogens (tertiary/aromatic N) is 4. The number of anilines is 12. The van der Waals surface area contributed by atoms with Crippen LogP contribution in [0.3, 0.4) is 0 Å². The summed E-state index contributed by atoms with van der Waals surface area (Å²) in [6.07, 6.45) is 0. The van der Waals surface area contributed by atoms with Gasteiger partial charge in [0.15, 0.2) is 11.5 Å². The molecule has 0 unspecified atom stereocenters. The lowest BCUT2D eigenvalue weighted by atomic mass is 9.57. The van der Waals surface area contributed by atoms with Crippen LogP contribution in [0, 0.1) is 0 Å². The molecule has 0 N–H and O–H groups in total. The van der Waals surface area contributed by atoms with Crippen LogP contribution >= 0.6 is 15.9 Å². The lowest BCUT2D eigenvalue weighted by Crippen LogP contribution is -2.42. The average molecular weight is 1550 g/mol. The van der Waals surface area contributed by atoms with Crippen LogP contribution in [0.25, 0.3) is 33.4 Å². The Labute approximate surface area is 673 Å². The van der Waals surface area contributed by atoms with E-state index in [0.717, 1.165) is 84.4 Å². The van der Waals surface area contributed by atoms with Crippen LogP contribution in [0.4, 0.5) is 69.0 Å². The number of fused-ring (bicyclic) bond motifs is 18. The monoisotopic (exact) mass is 1550 g/mol. The first kappa shape index (κ1) is 69.4. The van der Waals surface area contributed by atoms with E-state index >= 15 is 0 Å². The van der Waals surface area contributed by atoms with Crippen LogP contribution in [-0.4, -0.2) is 11.6 Å². The summed E-state index contributed by atoms with van der Waals surface area (Å²) in [5, 5.41) is 0. The summed E-state index contributed by atoms with van der Waals surface area (Å²) < 4.78 is 29.1. The molecule has 0 atom stereocenters. The molecule has 0 amide bonds. The third kappa shape index (κ3) is 11.6. The number of benzene rings is 14. The van der Waals surface area contributed by atoms with Gasteiger partial charge in [-0.1, -0.05) is 307 Å². The molecule has 10 nitrogen and oxygen atoms in total. The Bertz CT molecular complexity index is 5900. The van der Waals surface area contributed by atoms with Gasteiger partial charge in [-0.25, -0.2) is 0 Å². The van der Waals surface area contributed by atoms with Crippen molar-refractivity contribution in [1.82, 2.24) is 0 Å². The summed E-state index contributed by atoms with van der Waals surface area (Å²) in [5.41, 5.74) is 20.0. The van der Waals surface area contributed by atoms with E-state index in [1.165, 1.54) is 55.6 Å². The Morgan fingerprint density at radius 2 is 0.426 bits per heavy atom. The van der Waals surface area contributed by atoms with E-state index < -0.39 is 22.4 Å². The van der Waals surface area contributed by atoms with E-state index in [2.05, 4.69) is 293 Å². The maximum absolute atomic E-state index is 13.7. The van der Waals surface area contributed by atoms with Crippen LogP contribution < -0.4 is 19.6 Å². The Morgan fingerprint density at radius 1 is 0.209 bits per heavy atom. The molecule has 4 aliphatic carbocycles. The molecule has 2 spiro atoms. The third-order valence-electron chi connectivity index (χ3n) is 22.1. The molecule has 0 aliphatic heterocycles. The van der Waals surface area contributed by atoms with E-state index in [1.54, 1.807) is 12.1 Å². The van der Waals surface area contributed by atoms with E-state index in [-0.39, 0.29) is 22.6 Å². The fraction of sp³-hybridized carbons (Fsp3) is 0.0192. The van der Waals surface area contributed by atoms with Crippen molar-refractivity contribution in [3.05, 3.63) is 491 Å². The first-order valence-electron chi connectivity index (χ1n) is 38.3. The zero-order valence-electron chi connectivity index (χ0n) is 62.0. The van der Waals surface area contributed by atoms with Gasteiger partial charge in [0.05, 0.1) is 11.1 Å². The molecular formula is C104H69BrN4O6. The van der Waals surface area contributed by atoms with Crippen molar-refractivity contribution in [2.24, 2.45) is 0 Å². The van der Waals surface area contributed by atoms with Crippen molar-refractivity contribution in [1.29, 1.82) is 0 Å². The van der Waals surface area contributed by atoms with Gasteiger partial charge in [0, 0.05) is 85.4 Å². The number of hydrogen-bond donors (Lipinski definition) is 0. The maximum atomic E-state index is 13.7. The fourth-order valence-corrected chi connectivity index (χ4v) is 17.8. The minimum absolute atomic E-state index is 0.00249. The summed E-state index contributed by atoms with van der Waals surface area (Å²) >= 11 is 3.53. The van der Waals surface area contributed by atoms with Gasteiger partial charge in [0.1, 0.15) is 22.4 Å². The number of hydrogen-bond acceptors (Lipinski definition) is 10. The van der Waals surface area contributed by atoms with Crippen molar-refractivity contribution in [2.75, 3.05) is 19.6 Å². The second kappa shape index (κ2) is 29.1. The van der Waals surface area contributed by atoms with Crippen LogP contribution in [0.2, 0.25) is 0 Å². The van der Waals surface area contributed by atoms with Gasteiger partial charge in [-0.15, -0.1) is 0 Å². The number of furan rings is 4.